The normalized spacial score (nSPS) is 15.7. The van der Waals surface area contributed by atoms with Crippen molar-refractivity contribution in [3.05, 3.63) is 65.7 Å². The lowest BCUT2D eigenvalue weighted by Gasteiger charge is -2.20. The fourth-order valence-corrected chi connectivity index (χ4v) is 2.93. The highest BCUT2D eigenvalue weighted by molar-refractivity contribution is 6.04. The average molecular weight is 409 g/mol. The van der Waals surface area contributed by atoms with Gasteiger partial charge in [0.05, 0.1) is 5.71 Å². The highest BCUT2D eigenvalue weighted by atomic mass is 16.6. The summed E-state index contributed by atoms with van der Waals surface area (Å²) in [6.07, 6.45) is -0.241. The lowest BCUT2D eigenvalue weighted by molar-refractivity contribution is -0.131. The van der Waals surface area contributed by atoms with Crippen LogP contribution in [0.5, 0.6) is 5.75 Å². The molecule has 1 unspecified atom stereocenters. The lowest BCUT2D eigenvalue weighted by Crippen LogP contribution is -2.43. The van der Waals surface area contributed by atoms with Crippen molar-refractivity contribution < 1.29 is 19.2 Å². The molecule has 1 heterocycles. The molecule has 2 N–H and O–H groups in total. The molecule has 30 heavy (non-hydrogen) atoms. The molecule has 7 heteroatoms. The van der Waals surface area contributed by atoms with Crippen molar-refractivity contribution in [3.8, 4) is 5.75 Å². The minimum Gasteiger partial charge on any atom is -0.484 e. The molecule has 158 valence electrons. The molecule has 0 aliphatic carbocycles. The minimum absolute atomic E-state index is 0.0513. The molecule has 1 atom stereocenters. The first-order valence-electron chi connectivity index (χ1n) is 9.89. The third-order valence-electron chi connectivity index (χ3n) is 4.34. The summed E-state index contributed by atoms with van der Waals surface area (Å²) in [4.78, 5) is 29.5. The predicted molar refractivity (Wildman–Crippen MR) is 114 cm³/mol. The standard InChI is InChI=1S/C23H27N3O4/c1-23(2,3)25-21(27)15-29-18-11-9-17(10-12-18)19-13-20(30-26-19)22(28)24-14-16-7-5-4-6-8-16/h4-12,20H,13-15H2,1-3H3,(H,24,28)(H,25,27). The number of carbonyl (C=O) groups is 2. The largest absolute Gasteiger partial charge is 0.484 e. The van der Waals surface area contributed by atoms with E-state index in [1.54, 1.807) is 12.1 Å². The van der Waals surface area contributed by atoms with Gasteiger partial charge in [0.1, 0.15) is 5.75 Å². The number of amides is 2. The molecule has 7 nitrogen and oxygen atoms in total. The van der Waals surface area contributed by atoms with Crippen LogP contribution in [0.1, 0.15) is 38.3 Å². The maximum atomic E-state index is 12.3. The van der Waals surface area contributed by atoms with Crippen LogP contribution in [0.25, 0.3) is 0 Å². The number of benzene rings is 2. The topological polar surface area (TPSA) is 89.0 Å². The SMILES string of the molecule is CC(C)(C)NC(=O)COc1ccc(C2=NOC(C(=O)NCc3ccccc3)C2)cc1. The van der Waals surface area contributed by atoms with Crippen LogP contribution in [-0.4, -0.2) is 35.8 Å². The van der Waals surface area contributed by atoms with Crippen molar-refractivity contribution in [2.45, 2.75) is 45.4 Å². The van der Waals surface area contributed by atoms with Gasteiger partial charge in [-0.15, -0.1) is 0 Å². The van der Waals surface area contributed by atoms with Crippen molar-refractivity contribution in [1.29, 1.82) is 0 Å². The number of rotatable bonds is 7. The van der Waals surface area contributed by atoms with Gasteiger partial charge in [-0.3, -0.25) is 9.59 Å². The van der Waals surface area contributed by atoms with Crippen molar-refractivity contribution in [3.63, 3.8) is 0 Å². The molecular formula is C23H27N3O4. The quantitative estimate of drug-likeness (QED) is 0.736. The second-order valence-corrected chi connectivity index (χ2v) is 8.15. The Morgan fingerprint density at radius 1 is 1.10 bits per heavy atom. The monoisotopic (exact) mass is 409 g/mol. The van der Waals surface area contributed by atoms with Gasteiger partial charge in [-0.05, 0) is 56.2 Å². The fraction of sp³-hybridized carbons (Fsp3) is 0.348. The van der Waals surface area contributed by atoms with Crippen molar-refractivity contribution >= 4 is 17.5 Å². The zero-order valence-electron chi connectivity index (χ0n) is 17.5. The third-order valence-corrected chi connectivity index (χ3v) is 4.34. The molecule has 1 aliphatic rings. The molecule has 2 aromatic rings. The Kier molecular flexibility index (Phi) is 6.72. The minimum atomic E-state index is -0.638. The van der Waals surface area contributed by atoms with Gasteiger partial charge in [-0.25, -0.2) is 0 Å². The Morgan fingerprint density at radius 2 is 1.80 bits per heavy atom. The average Bonchev–Trinajstić information content (AvgIpc) is 3.21. The van der Waals surface area contributed by atoms with E-state index in [-0.39, 0.29) is 24.0 Å². The number of hydrogen-bond acceptors (Lipinski definition) is 5. The summed E-state index contributed by atoms with van der Waals surface area (Å²) in [5.74, 6) is 0.214. The molecule has 1 aliphatic heterocycles. The first-order chi connectivity index (χ1) is 14.3. The van der Waals surface area contributed by atoms with Crippen LogP contribution in [0.15, 0.2) is 59.8 Å². The van der Waals surface area contributed by atoms with Crippen molar-refractivity contribution in [1.82, 2.24) is 10.6 Å². The van der Waals surface area contributed by atoms with E-state index in [9.17, 15) is 9.59 Å². The van der Waals surface area contributed by atoms with Gasteiger partial charge in [-0.1, -0.05) is 35.5 Å². The van der Waals surface area contributed by atoms with E-state index in [0.717, 1.165) is 11.1 Å². The third kappa shape index (κ3) is 6.34. The van der Waals surface area contributed by atoms with Crippen LogP contribution in [0.4, 0.5) is 0 Å². The zero-order valence-corrected chi connectivity index (χ0v) is 17.5. The fourth-order valence-electron chi connectivity index (χ4n) is 2.93. The molecule has 2 amide bonds. The Labute approximate surface area is 176 Å². The summed E-state index contributed by atoms with van der Waals surface area (Å²) in [6.45, 7) is 6.14. The van der Waals surface area contributed by atoms with Crippen molar-refractivity contribution in [2.24, 2.45) is 5.16 Å². The summed E-state index contributed by atoms with van der Waals surface area (Å²) >= 11 is 0. The van der Waals surface area contributed by atoms with Gasteiger partial charge in [0, 0.05) is 18.5 Å². The number of carbonyl (C=O) groups excluding carboxylic acids is 2. The van der Waals surface area contributed by atoms with Gasteiger partial charge in [0.25, 0.3) is 11.8 Å². The van der Waals surface area contributed by atoms with Crippen LogP contribution >= 0.6 is 0 Å². The number of nitrogens with one attached hydrogen (secondary N) is 2. The highest BCUT2D eigenvalue weighted by Crippen LogP contribution is 2.20. The van der Waals surface area contributed by atoms with E-state index >= 15 is 0 Å². The first kappa shape index (κ1) is 21.4. The molecule has 0 bridgehead atoms. The summed E-state index contributed by atoms with van der Waals surface area (Å²) in [5, 5.41) is 9.77. The van der Waals surface area contributed by atoms with Crippen LogP contribution in [0.2, 0.25) is 0 Å². The van der Waals surface area contributed by atoms with E-state index < -0.39 is 6.10 Å². The smallest absolute Gasteiger partial charge is 0.264 e. The summed E-state index contributed by atoms with van der Waals surface area (Å²) in [6, 6.07) is 16.9. The molecule has 0 spiro atoms. The number of nitrogens with zero attached hydrogens (tertiary/aromatic N) is 1. The number of ether oxygens (including phenoxy) is 1. The molecule has 0 saturated carbocycles. The maximum Gasteiger partial charge on any atom is 0.264 e. The van der Waals surface area contributed by atoms with Crippen LogP contribution in [0.3, 0.4) is 0 Å². The Balaban J connectivity index is 1.46. The molecule has 0 aromatic heterocycles. The Hall–Kier alpha value is -3.35. The van der Waals surface area contributed by atoms with E-state index in [2.05, 4.69) is 15.8 Å². The second-order valence-electron chi connectivity index (χ2n) is 8.15. The van der Waals surface area contributed by atoms with Crippen LogP contribution in [0, 0.1) is 0 Å². The second kappa shape index (κ2) is 9.43. The maximum absolute atomic E-state index is 12.3. The molecule has 2 aromatic carbocycles. The van der Waals surface area contributed by atoms with Gasteiger partial charge in [0.2, 0.25) is 6.10 Å². The van der Waals surface area contributed by atoms with E-state index in [1.807, 2.05) is 63.2 Å². The highest BCUT2D eigenvalue weighted by Gasteiger charge is 2.28. The summed E-state index contributed by atoms with van der Waals surface area (Å²) in [5.41, 5.74) is 2.28. The van der Waals surface area contributed by atoms with Gasteiger partial charge in [0.15, 0.2) is 6.61 Å². The lowest BCUT2D eigenvalue weighted by atomic mass is 10.0. The summed E-state index contributed by atoms with van der Waals surface area (Å²) in [7, 11) is 0. The van der Waals surface area contributed by atoms with Crippen LogP contribution in [-0.2, 0) is 21.0 Å². The predicted octanol–water partition coefficient (Wildman–Crippen LogP) is 2.79. The molecule has 0 saturated heterocycles. The van der Waals surface area contributed by atoms with Crippen LogP contribution < -0.4 is 15.4 Å². The first-order valence-corrected chi connectivity index (χ1v) is 9.89. The van der Waals surface area contributed by atoms with E-state index in [0.29, 0.717) is 24.4 Å². The molecule has 3 rings (SSSR count). The Bertz CT molecular complexity index is 902. The van der Waals surface area contributed by atoms with Crippen molar-refractivity contribution in [2.75, 3.05) is 6.61 Å². The number of hydrogen-bond donors (Lipinski definition) is 2. The number of oxime groups is 1. The van der Waals surface area contributed by atoms with E-state index in [4.69, 9.17) is 9.57 Å². The molecule has 0 fully saturated rings. The summed E-state index contributed by atoms with van der Waals surface area (Å²) < 4.78 is 5.52. The zero-order chi connectivity index (χ0) is 21.6. The Morgan fingerprint density at radius 3 is 2.47 bits per heavy atom. The molecular weight excluding hydrogens is 382 g/mol. The van der Waals surface area contributed by atoms with Gasteiger partial charge >= 0.3 is 0 Å². The van der Waals surface area contributed by atoms with E-state index in [1.165, 1.54) is 0 Å². The van der Waals surface area contributed by atoms with Gasteiger partial charge < -0.3 is 20.2 Å². The molecule has 0 radical (unpaired) electrons. The van der Waals surface area contributed by atoms with Gasteiger partial charge in [-0.2, -0.15) is 0 Å².